The van der Waals surface area contributed by atoms with Crippen LogP contribution in [0.5, 0.6) is 0 Å². The molecular formula is C12H2F16O5. The molecule has 33 heavy (non-hydrogen) atoms. The van der Waals surface area contributed by atoms with Crippen molar-refractivity contribution in [1.29, 1.82) is 0 Å². The Kier molecular flexibility index (Phi) is 7.72. The lowest BCUT2D eigenvalue weighted by molar-refractivity contribution is -0.348. The molecule has 0 radical (unpaired) electrons. The van der Waals surface area contributed by atoms with Crippen LogP contribution in [0.1, 0.15) is 0 Å². The average molecular weight is 530 g/mol. The van der Waals surface area contributed by atoms with Crippen molar-refractivity contribution in [2.75, 3.05) is 0 Å². The lowest BCUT2D eigenvalue weighted by atomic mass is 10.1. The van der Waals surface area contributed by atoms with Crippen molar-refractivity contribution in [2.24, 2.45) is 0 Å². The zero-order valence-electron chi connectivity index (χ0n) is 14.2. The van der Waals surface area contributed by atoms with Crippen LogP contribution >= 0.6 is 0 Å². The molecule has 192 valence electrons. The lowest BCUT2D eigenvalue weighted by Gasteiger charge is -2.28. The predicted octanol–water partition coefficient (Wildman–Crippen LogP) is 5.20. The van der Waals surface area contributed by atoms with E-state index in [1.54, 1.807) is 0 Å². The normalized spacial score (nSPS) is 16.1. The summed E-state index contributed by atoms with van der Waals surface area (Å²) in [7, 11) is 0. The van der Waals surface area contributed by atoms with E-state index in [1.165, 1.54) is 0 Å². The van der Waals surface area contributed by atoms with Gasteiger partial charge in [0.2, 0.25) is 23.2 Å². The summed E-state index contributed by atoms with van der Waals surface area (Å²) in [5, 5.41) is 16.7. The second kappa shape index (κ2) is 8.47. The molecule has 0 fully saturated rings. The predicted molar refractivity (Wildman–Crippen MR) is 64.5 cm³/mol. The van der Waals surface area contributed by atoms with Crippen LogP contribution in [-0.4, -0.2) is 58.2 Å². The fraction of sp³-hybridized carbons (Fsp3) is 0.500. The van der Waals surface area contributed by atoms with E-state index in [1.807, 2.05) is 0 Å². The molecule has 21 heteroatoms. The number of rotatable bonds is 8. The first-order chi connectivity index (χ1) is 14.2. The van der Waals surface area contributed by atoms with E-state index in [2.05, 4.69) is 4.74 Å². The summed E-state index contributed by atoms with van der Waals surface area (Å²) in [6.45, 7) is 0. The summed E-state index contributed by atoms with van der Waals surface area (Å²) in [6, 6.07) is 0. The lowest BCUT2D eigenvalue weighted by Crippen LogP contribution is -2.53. The summed E-state index contributed by atoms with van der Waals surface area (Å²) in [5.74, 6) is -53.9. The largest absolute Gasteiger partial charge is 0.475 e. The molecule has 0 saturated heterocycles. The Hall–Kier alpha value is -2.90. The van der Waals surface area contributed by atoms with Crippen molar-refractivity contribution >= 4 is 11.9 Å². The van der Waals surface area contributed by atoms with Crippen molar-refractivity contribution in [3.8, 4) is 0 Å². The minimum atomic E-state index is -7.53. The monoisotopic (exact) mass is 530 g/mol. The van der Waals surface area contributed by atoms with Gasteiger partial charge in [0.1, 0.15) is 0 Å². The van der Waals surface area contributed by atoms with Crippen molar-refractivity contribution in [1.82, 2.24) is 0 Å². The number of carbonyl (C=O) groups is 2. The number of alkyl halides is 14. The molecule has 0 heterocycles. The fourth-order valence-corrected chi connectivity index (χ4v) is 1.38. The third-order valence-electron chi connectivity index (χ3n) is 3.04. The summed E-state index contributed by atoms with van der Waals surface area (Å²) < 4.78 is 206. The van der Waals surface area contributed by atoms with Gasteiger partial charge in [-0.2, -0.15) is 61.5 Å². The number of hydrogen-bond acceptors (Lipinski definition) is 3. The van der Waals surface area contributed by atoms with E-state index in [0.717, 1.165) is 0 Å². The fourth-order valence-electron chi connectivity index (χ4n) is 1.38. The molecule has 0 saturated carbocycles. The number of allylic oxidation sites excluding steroid dienone is 2. The van der Waals surface area contributed by atoms with Gasteiger partial charge in [-0.05, 0) is 0 Å². The number of halogens is 16. The first-order valence-electron chi connectivity index (χ1n) is 6.79. The van der Waals surface area contributed by atoms with Crippen LogP contribution in [0.25, 0.3) is 0 Å². The van der Waals surface area contributed by atoms with Crippen LogP contribution in [0.4, 0.5) is 70.2 Å². The zero-order valence-corrected chi connectivity index (χ0v) is 14.2. The molecule has 0 aromatic carbocycles. The van der Waals surface area contributed by atoms with Gasteiger partial charge in [-0.1, -0.05) is 0 Å². The Morgan fingerprint density at radius 1 is 0.515 bits per heavy atom. The van der Waals surface area contributed by atoms with Crippen molar-refractivity contribution < 1.29 is 94.8 Å². The molecule has 0 aromatic heterocycles. The molecule has 5 nitrogen and oxygen atoms in total. The molecule has 0 aliphatic rings. The first-order valence-corrected chi connectivity index (χ1v) is 6.79. The maximum absolute atomic E-state index is 13.5. The Balaban J connectivity index is 7.06. The van der Waals surface area contributed by atoms with Gasteiger partial charge in [0, 0.05) is 0 Å². The topological polar surface area (TPSA) is 83.8 Å². The highest BCUT2D eigenvalue weighted by atomic mass is 19.4. The summed E-state index contributed by atoms with van der Waals surface area (Å²) >= 11 is 0. The van der Waals surface area contributed by atoms with Crippen molar-refractivity contribution in [2.45, 2.75) is 36.0 Å². The van der Waals surface area contributed by atoms with E-state index < -0.39 is 71.2 Å². The summed E-state index contributed by atoms with van der Waals surface area (Å²) in [6.07, 6.45) is -14.8. The van der Waals surface area contributed by atoms with Crippen LogP contribution in [0.2, 0.25) is 0 Å². The van der Waals surface area contributed by atoms with Gasteiger partial charge in [-0.25, -0.2) is 18.4 Å². The zero-order chi connectivity index (χ0) is 27.2. The van der Waals surface area contributed by atoms with Gasteiger partial charge in [-0.15, -0.1) is 0 Å². The minimum Gasteiger partial charge on any atom is -0.475 e. The number of hydrogen-bond donors (Lipinski definition) is 2. The number of carboxylic acid groups (broad SMARTS) is 2. The Morgan fingerprint density at radius 3 is 0.879 bits per heavy atom. The van der Waals surface area contributed by atoms with Crippen LogP contribution < -0.4 is 0 Å². The van der Waals surface area contributed by atoms with Gasteiger partial charge >= 0.3 is 48.0 Å². The molecule has 2 N–H and O–H groups in total. The molecule has 0 rings (SSSR count). The molecule has 0 unspecified atom stereocenters. The maximum atomic E-state index is 13.5. The van der Waals surface area contributed by atoms with Crippen molar-refractivity contribution in [3.63, 3.8) is 0 Å². The van der Waals surface area contributed by atoms with Gasteiger partial charge in [-0.3, -0.25) is 0 Å². The Labute approximate surface area is 167 Å². The Morgan fingerprint density at radius 2 is 0.727 bits per heavy atom. The minimum absolute atomic E-state index is 2.73. The molecular weight excluding hydrogens is 528 g/mol. The smallest absolute Gasteiger partial charge is 0.460 e. The molecule has 0 aliphatic heterocycles. The Bertz CT molecular complexity index is 792. The highest BCUT2D eigenvalue weighted by molar-refractivity contribution is 5.89. The number of aliphatic carboxylic acids is 2. The van der Waals surface area contributed by atoms with Crippen LogP contribution in [0, 0.1) is 0 Å². The second-order valence-corrected chi connectivity index (χ2v) is 5.29. The van der Waals surface area contributed by atoms with E-state index >= 15 is 0 Å². The van der Waals surface area contributed by atoms with Crippen LogP contribution in [0.15, 0.2) is 23.2 Å². The highest BCUT2D eigenvalue weighted by Gasteiger charge is 2.77. The molecule has 0 aromatic rings. The van der Waals surface area contributed by atoms with Crippen LogP contribution in [0.3, 0.4) is 0 Å². The SMILES string of the molecule is O=C(O)C(OC(C(=O)O)=C(F)C(F)(F)C(F)(F)C(F)(F)F)=C(F)C(F)(F)C(F)(F)C(F)(F)F. The molecule has 0 amide bonds. The second-order valence-electron chi connectivity index (χ2n) is 5.29. The van der Waals surface area contributed by atoms with Crippen molar-refractivity contribution in [3.05, 3.63) is 23.2 Å². The maximum Gasteiger partial charge on any atom is 0.460 e. The first kappa shape index (κ1) is 30.1. The standard InChI is InChI=1S/C12H2F16O5/c13-3(7(15,16)9(19,20)11(23,24)25)1(5(29)30)33-2(6(31)32)4(14)8(17,18)10(21,22)12(26,27)28/h(H,29,30)(H,31,32). The van der Waals surface area contributed by atoms with Gasteiger partial charge in [0.05, 0.1) is 0 Å². The van der Waals surface area contributed by atoms with Gasteiger partial charge in [0.15, 0.2) is 0 Å². The summed E-state index contributed by atoms with van der Waals surface area (Å²) in [4.78, 5) is 21.2. The van der Waals surface area contributed by atoms with E-state index in [9.17, 15) is 79.8 Å². The van der Waals surface area contributed by atoms with Crippen LogP contribution in [-0.2, 0) is 14.3 Å². The van der Waals surface area contributed by atoms with E-state index in [4.69, 9.17) is 10.2 Å². The van der Waals surface area contributed by atoms with Gasteiger partial charge in [0.25, 0.3) is 0 Å². The third kappa shape index (κ3) is 5.04. The van der Waals surface area contributed by atoms with E-state index in [0.29, 0.717) is 0 Å². The summed E-state index contributed by atoms with van der Waals surface area (Å²) in [5.41, 5.74) is 0. The number of ether oxygens (including phenoxy) is 1. The highest BCUT2D eigenvalue weighted by Crippen LogP contribution is 2.52. The molecule has 0 aliphatic carbocycles. The molecule has 0 bridgehead atoms. The van der Waals surface area contributed by atoms with E-state index in [-0.39, 0.29) is 0 Å². The number of carboxylic acids is 2. The molecule has 0 spiro atoms. The molecule has 0 atom stereocenters. The average Bonchev–Trinajstić information content (AvgIpc) is 2.58. The van der Waals surface area contributed by atoms with Gasteiger partial charge < -0.3 is 14.9 Å². The quantitative estimate of drug-likeness (QED) is 0.256. The third-order valence-corrected chi connectivity index (χ3v) is 3.04.